The summed E-state index contributed by atoms with van der Waals surface area (Å²) in [4.78, 5) is 0. The molecule has 1 aliphatic rings. The van der Waals surface area contributed by atoms with Gasteiger partial charge in [-0.15, -0.1) is 0 Å². The van der Waals surface area contributed by atoms with Gasteiger partial charge in [-0.2, -0.15) is 0 Å². The molecular weight excluding hydrogens is 158 g/mol. The van der Waals surface area contributed by atoms with Gasteiger partial charge in [0, 0.05) is 6.04 Å². The van der Waals surface area contributed by atoms with Crippen LogP contribution >= 0.6 is 0 Å². The Morgan fingerprint density at radius 3 is 2.38 bits per heavy atom. The fourth-order valence-corrected chi connectivity index (χ4v) is 2.10. The second-order valence-corrected chi connectivity index (χ2v) is 5.11. The van der Waals surface area contributed by atoms with E-state index in [9.17, 15) is 0 Å². The van der Waals surface area contributed by atoms with Gasteiger partial charge in [0.1, 0.15) is 0 Å². The van der Waals surface area contributed by atoms with Crippen molar-refractivity contribution in [1.29, 1.82) is 0 Å². The van der Waals surface area contributed by atoms with Crippen molar-refractivity contribution in [3.05, 3.63) is 0 Å². The third-order valence-electron chi connectivity index (χ3n) is 3.74. The fourth-order valence-electron chi connectivity index (χ4n) is 2.10. The van der Waals surface area contributed by atoms with Gasteiger partial charge in [-0.05, 0) is 37.6 Å². The third kappa shape index (κ3) is 3.30. The summed E-state index contributed by atoms with van der Waals surface area (Å²) >= 11 is 0. The van der Waals surface area contributed by atoms with Gasteiger partial charge in [-0.1, -0.05) is 33.6 Å². The molecule has 0 aromatic carbocycles. The van der Waals surface area contributed by atoms with Gasteiger partial charge in [0.15, 0.2) is 0 Å². The molecular formula is C12H25N. The lowest BCUT2D eigenvalue weighted by Gasteiger charge is -2.22. The Kier molecular flexibility index (Phi) is 4.24. The van der Waals surface area contributed by atoms with E-state index >= 15 is 0 Å². The maximum absolute atomic E-state index is 3.65. The Labute approximate surface area is 83.3 Å². The van der Waals surface area contributed by atoms with Crippen LogP contribution < -0.4 is 5.32 Å². The summed E-state index contributed by atoms with van der Waals surface area (Å²) in [6, 6.07) is 0.674. The molecule has 0 aromatic rings. The van der Waals surface area contributed by atoms with Gasteiger partial charge < -0.3 is 5.32 Å². The fraction of sp³-hybridized carbons (Fsp3) is 1.00. The first-order valence-corrected chi connectivity index (χ1v) is 5.84. The zero-order chi connectivity index (χ0) is 9.84. The Hall–Kier alpha value is -0.0400. The van der Waals surface area contributed by atoms with Crippen LogP contribution in [0.2, 0.25) is 0 Å². The van der Waals surface area contributed by atoms with Gasteiger partial charge in [0.05, 0.1) is 0 Å². The topological polar surface area (TPSA) is 12.0 Å². The molecule has 1 heteroatoms. The van der Waals surface area contributed by atoms with E-state index in [2.05, 4.69) is 33.0 Å². The van der Waals surface area contributed by atoms with Crippen molar-refractivity contribution in [1.82, 2.24) is 5.32 Å². The highest BCUT2D eigenvalue weighted by atomic mass is 14.9. The van der Waals surface area contributed by atoms with E-state index in [4.69, 9.17) is 0 Å². The van der Waals surface area contributed by atoms with Gasteiger partial charge in [0.2, 0.25) is 0 Å². The lowest BCUT2D eigenvalue weighted by atomic mass is 9.97. The predicted octanol–water partition coefficient (Wildman–Crippen LogP) is 3.06. The van der Waals surface area contributed by atoms with E-state index in [-0.39, 0.29) is 0 Å². The average molecular weight is 183 g/mol. The lowest BCUT2D eigenvalue weighted by Crippen LogP contribution is -2.35. The summed E-state index contributed by atoms with van der Waals surface area (Å²) in [6.45, 7) is 10.5. The van der Waals surface area contributed by atoms with Crippen LogP contribution in [0.5, 0.6) is 0 Å². The number of rotatable bonds is 4. The molecule has 0 amide bonds. The molecule has 1 nitrogen and oxygen atoms in total. The van der Waals surface area contributed by atoms with Crippen LogP contribution in [0, 0.1) is 17.8 Å². The molecule has 1 fully saturated rings. The minimum Gasteiger partial charge on any atom is -0.314 e. The highest BCUT2D eigenvalue weighted by Gasteiger charge is 2.23. The van der Waals surface area contributed by atoms with E-state index in [0.717, 1.165) is 17.8 Å². The van der Waals surface area contributed by atoms with Crippen molar-refractivity contribution in [3.63, 3.8) is 0 Å². The van der Waals surface area contributed by atoms with E-state index in [0.29, 0.717) is 6.04 Å². The number of nitrogens with one attached hydrogen (secondary N) is 1. The maximum Gasteiger partial charge on any atom is 0.00618 e. The summed E-state index contributed by atoms with van der Waals surface area (Å²) < 4.78 is 0. The van der Waals surface area contributed by atoms with Crippen molar-refractivity contribution in [2.45, 2.75) is 53.0 Å². The summed E-state index contributed by atoms with van der Waals surface area (Å²) in [7, 11) is 0. The SMILES string of the molecule is CC(C)C(C)NCC1CCCC1C. The molecule has 0 bridgehead atoms. The van der Waals surface area contributed by atoms with Gasteiger partial charge >= 0.3 is 0 Å². The highest BCUT2D eigenvalue weighted by Crippen LogP contribution is 2.30. The van der Waals surface area contributed by atoms with Crippen LogP contribution in [-0.2, 0) is 0 Å². The molecule has 0 heterocycles. The van der Waals surface area contributed by atoms with E-state index in [1.54, 1.807) is 0 Å². The minimum atomic E-state index is 0.674. The van der Waals surface area contributed by atoms with Crippen molar-refractivity contribution >= 4 is 0 Å². The molecule has 0 aromatic heterocycles. The van der Waals surface area contributed by atoms with E-state index in [1.165, 1.54) is 25.8 Å². The highest BCUT2D eigenvalue weighted by molar-refractivity contribution is 4.77. The number of hydrogen-bond donors (Lipinski definition) is 1. The molecule has 1 saturated carbocycles. The Morgan fingerprint density at radius 2 is 1.92 bits per heavy atom. The first kappa shape index (κ1) is 11.0. The van der Waals surface area contributed by atoms with Crippen LogP contribution in [0.4, 0.5) is 0 Å². The molecule has 3 atom stereocenters. The molecule has 0 radical (unpaired) electrons. The molecule has 1 aliphatic carbocycles. The Bertz CT molecular complexity index is 142. The zero-order valence-electron chi connectivity index (χ0n) is 9.64. The van der Waals surface area contributed by atoms with Gasteiger partial charge in [-0.3, -0.25) is 0 Å². The van der Waals surface area contributed by atoms with Crippen LogP contribution in [-0.4, -0.2) is 12.6 Å². The quantitative estimate of drug-likeness (QED) is 0.706. The van der Waals surface area contributed by atoms with Gasteiger partial charge in [0.25, 0.3) is 0 Å². The second-order valence-electron chi connectivity index (χ2n) is 5.11. The molecule has 1 rings (SSSR count). The number of hydrogen-bond acceptors (Lipinski definition) is 1. The van der Waals surface area contributed by atoms with Crippen molar-refractivity contribution in [2.75, 3.05) is 6.54 Å². The smallest absolute Gasteiger partial charge is 0.00618 e. The first-order chi connectivity index (χ1) is 6.11. The van der Waals surface area contributed by atoms with Crippen molar-refractivity contribution in [2.24, 2.45) is 17.8 Å². The van der Waals surface area contributed by atoms with Crippen molar-refractivity contribution < 1.29 is 0 Å². The molecule has 3 unspecified atom stereocenters. The van der Waals surface area contributed by atoms with Crippen LogP contribution in [0.15, 0.2) is 0 Å². The summed E-state index contributed by atoms with van der Waals surface area (Å²) in [5.74, 6) is 2.66. The standard InChI is InChI=1S/C12H25N/c1-9(2)11(4)13-8-12-7-5-6-10(12)3/h9-13H,5-8H2,1-4H3. The zero-order valence-corrected chi connectivity index (χ0v) is 9.64. The van der Waals surface area contributed by atoms with Crippen LogP contribution in [0.1, 0.15) is 47.0 Å². The molecule has 0 spiro atoms. The molecule has 1 N–H and O–H groups in total. The second kappa shape index (κ2) is 4.99. The maximum atomic E-state index is 3.65. The predicted molar refractivity (Wildman–Crippen MR) is 58.8 cm³/mol. The van der Waals surface area contributed by atoms with Crippen LogP contribution in [0.25, 0.3) is 0 Å². The lowest BCUT2D eigenvalue weighted by molar-refractivity contribution is 0.342. The van der Waals surface area contributed by atoms with Crippen molar-refractivity contribution in [3.8, 4) is 0 Å². The first-order valence-electron chi connectivity index (χ1n) is 5.84. The molecule has 13 heavy (non-hydrogen) atoms. The monoisotopic (exact) mass is 183 g/mol. The van der Waals surface area contributed by atoms with E-state index in [1.807, 2.05) is 0 Å². The summed E-state index contributed by atoms with van der Waals surface area (Å²) in [5, 5.41) is 3.65. The molecule has 78 valence electrons. The Balaban J connectivity index is 2.18. The summed E-state index contributed by atoms with van der Waals surface area (Å²) in [5.41, 5.74) is 0. The van der Waals surface area contributed by atoms with Crippen LogP contribution in [0.3, 0.4) is 0 Å². The van der Waals surface area contributed by atoms with Gasteiger partial charge in [-0.25, -0.2) is 0 Å². The van der Waals surface area contributed by atoms with E-state index < -0.39 is 0 Å². The normalized spacial score (nSPS) is 31.2. The third-order valence-corrected chi connectivity index (χ3v) is 3.74. The summed E-state index contributed by atoms with van der Waals surface area (Å²) in [6.07, 6.45) is 4.34. The average Bonchev–Trinajstić information content (AvgIpc) is 2.47. The molecule has 0 saturated heterocycles. The largest absolute Gasteiger partial charge is 0.314 e. The minimum absolute atomic E-state index is 0.674. The molecule has 0 aliphatic heterocycles. The Morgan fingerprint density at radius 1 is 1.23 bits per heavy atom.